The highest BCUT2D eigenvalue weighted by Crippen LogP contribution is 2.45. The van der Waals surface area contributed by atoms with Crippen molar-refractivity contribution in [3.05, 3.63) is 65.0 Å². The maximum atomic E-state index is 13.6. The Bertz CT molecular complexity index is 915. The van der Waals surface area contributed by atoms with Crippen LogP contribution in [0, 0.1) is 11.7 Å². The van der Waals surface area contributed by atoms with Crippen LogP contribution in [-0.4, -0.2) is 36.6 Å². The zero-order chi connectivity index (χ0) is 24.1. The fourth-order valence-corrected chi connectivity index (χ4v) is 4.95. The van der Waals surface area contributed by atoms with Gasteiger partial charge in [0.2, 0.25) is 0 Å². The van der Waals surface area contributed by atoms with Crippen molar-refractivity contribution in [2.24, 2.45) is 5.92 Å². The first-order valence-corrected chi connectivity index (χ1v) is 11.6. The Kier molecular flexibility index (Phi) is 8.40. The smallest absolute Gasteiger partial charge is 0.422 e. The third-order valence-electron chi connectivity index (χ3n) is 6.37. The average molecular weight is 468 g/mol. The molecule has 182 valence electrons. The summed E-state index contributed by atoms with van der Waals surface area (Å²) >= 11 is 0. The summed E-state index contributed by atoms with van der Waals surface area (Å²) in [6, 6.07) is 11.6. The van der Waals surface area contributed by atoms with Crippen molar-refractivity contribution in [1.82, 2.24) is 5.32 Å². The van der Waals surface area contributed by atoms with Gasteiger partial charge in [-0.2, -0.15) is 13.2 Å². The molecule has 1 aliphatic rings. The van der Waals surface area contributed by atoms with Crippen molar-refractivity contribution in [2.75, 3.05) is 19.7 Å². The van der Waals surface area contributed by atoms with Gasteiger partial charge in [0.25, 0.3) is 0 Å². The summed E-state index contributed by atoms with van der Waals surface area (Å²) < 4.78 is 55.4. The van der Waals surface area contributed by atoms with E-state index < -0.39 is 18.4 Å². The quantitative estimate of drug-likeness (QED) is 0.343. The molecule has 0 radical (unpaired) electrons. The van der Waals surface area contributed by atoms with Gasteiger partial charge in [0.1, 0.15) is 11.6 Å². The summed E-state index contributed by atoms with van der Waals surface area (Å²) in [5.41, 5.74) is 2.13. The van der Waals surface area contributed by atoms with Crippen molar-refractivity contribution >= 4 is 0 Å². The predicted molar refractivity (Wildman–Crippen MR) is 121 cm³/mol. The lowest BCUT2D eigenvalue weighted by molar-refractivity contribution is -0.153. The van der Waals surface area contributed by atoms with E-state index in [1.165, 1.54) is 12.1 Å². The van der Waals surface area contributed by atoms with E-state index in [1.54, 1.807) is 18.2 Å². The van der Waals surface area contributed by atoms with E-state index in [0.717, 1.165) is 29.7 Å². The summed E-state index contributed by atoms with van der Waals surface area (Å²) in [7, 11) is 0. The summed E-state index contributed by atoms with van der Waals surface area (Å²) in [6.45, 7) is 4.28. The number of hydrogen-bond acceptors (Lipinski definition) is 3. The van der Waals surface area contributed by atoms with E-state index in [1.807, 2.05) is 12.1 Å². The van der Waals surface area contributed by atoms with Gasteiger partial charge >= 0.3 is 6.18 Å². The van der Waals surface area contributed by atoms with Gasteiger partial charge in [-0.25, -0.2) is 4.39 Å². The SMILES string of the molecule is CC(C)C1c2ccc(F)cc2CCC1(O)CCNCCCc1cccc(OCC(F)(F)F)c1. The number of nitrogens with one attached hydrogen (secondary N) is 1. The Hall–Kier alpha value is -2.12. The van der Waals surface area contributed by atoms with Crippen LogP contribution in [0.25, 0.3) is 0 Å². The van der Waals surface area contributed by atoms with Crippen LogP contribution < -0.4 is 10.1 Å². The fraction of sp³-hybridized carbons (Fsp3) is 0.538. The summed E-state index contributed by atoms with van der Waals surface area (Å²) in [6.07, 6.45) is -0.939. The van der Waals surface area contributed by atoms with Crippen LogP contribution in [0.2, 0.25) is 0 Å². The van der Waals surface area contributed by atoms with Crippen LogP contribution in [-0.2, 0) is 12.8 Å². The molecule has 0 amide bonds. The molecule has 2 N–H and O–H groups in total. The predicted octanol–water partition coefficient (Wildman–Crippen LogP) is 5.80. The van der Waals surface area contributed by atoms with E-state index in [9.17, 15) is 22.7 Å². The molecular formula is C26H33F4NO2. The van der Waals surface area contributed by atoms with Crippen molar-refractivity contribution in [1.29, 1.82) is 0 Å². The zero-order valence-corrected chi connectivity index (χ0v) is 19.2. The number of benzene rings is 2. The van der Waals surface area contributed by atoms with Crippen LogP contribution in [0.3, 0.4) is 0 Å². The second kappa shape index (κ2) is 10.9. The number of halogens is 4. The number of alkyl halides is 3. The number of rotatable bonds is 10. The van der Waals surface area contributed by atoms with Crippen LogP contribution in [0.5, 0.6) is 5.75 Å². The van der Waals surface area contributed by atoms with Crippen molar-refractivity contribution in [2.45, 2.75) is 63.6 Å². The molecule has 0 spiro atoms. The molecule has 2 aromatic carbocycles. The Labute approximate surface area is 193 Å². The molecule has 0 aliphatic heterocycles. The maximum absolute atomic E-state index is 13.6. The number of aryl methyl sites for hydroxylation is 2. The molecule has 2 aromatic rings. The summed E-state index contributed by atoms with van der Waals surface area (Å²) in [5, 5.41) is 14.8. The van der Waals surface area contributed by atoms with Crippen LogP contribution in [0.1, 0.15) is 55.7 Å². The molecule has 0 heterocycles. The highest BCUT2D eigenvalue weighted by Gasteiger charge is 2.42. The van der Waals surface area contributed by atoms with Crippen molar-refractivity contribution in [3.63, 3.8) is 0 Å². The minimum Gasteiger partial charge on any atom is -0.484 e. The van der Waals surface area contributed by atoms with E-state index in [4.69, 9.17) is 4.74 Å². The van der Waals surface area contributed by atoms with Gasteiger partial charge in [0, 0.05) is 5.92 Å². The topological polar surface area (TPSA) is 41.5 Å². The highest BCUT2D eigenvalue weighted by atomic mass is 19.4. The first kappa shape index (κ1) is 25.5. The van der Waals surface area contributed by atoms with Gasteiger partial charge in [-0.15, -0.1) is 0 Å². The lowest BCUT2D eigenvalue weighted by Crippen LogP contribution is -2.45. The largest absolute Gasteiger partial charge is 0.484 e. The molecule has 1 aliphatic carbocycles. The standard InChI is InChI=1S/C26H33F4NO2/c1-18(2)24-23-9-8-21(27)16-20(23)10-11-25(24,32)12-14-31-13-4-6-19-5-3-7-22(15-19)33-17-26(28,29)30/h3,5,7-9,15-16,18,24,31-32H,4,6,10-14,17H2,1-2H3. The normalized spacial score (nSPS) is 20.7. The zero-order valence-electron chi connectivity index (χ0n) is 19.2. The molecule has 0 saturated carbocycles. The molecule has 3 rings (SSSR count). The Morgan fingerprint density at radius 2 is 1.94 bits per heavy atom. The molecule has 0 fully saturated rings. The molecule has 2 atom stereocenters. The third-order valence-corrected chi connectivity index (χ3v) is 6.37. The van der Waals surface area contributed by atoms with E-state index in [-0.39, 0.29) is 23.4 Å². The lowest BCUT2D eigenvalue weighted by atomic mass is 9.66. The van der Waals surface area contributed by atoms with Crippen LogP contribution in [0.15, 0.2) is 42.5 Å². The molecule has 0 bridgehead atoms. The Morgan fingerprint density at radius 3 is 2.67 bits per heavy atom. The second-order valence-corrected chi connectivity index (χ2v) is 9.32. The van der Waals surface area contributed by atoms with Gasteiger partial charge in [-0.1, -0.05) is 32.0 Å². The Morgan fingerprint density at radius 1 is 1.15 bits per heavy atom. The Balaban J connectivity index is 1.46. The minimum atomic E-state index is -4.35. The van der Waals surface area contributed by atoms with Crippen molar-refractivity contribution in [3.8, 4) is 5.75 Å². The van der Waals surface area contributed by atoms with Gasteiger partial charge in [0.05, 0.1) is 5.60 Å². The molecule has 2 unspecified atom stereocenters. The summed E-state index contributed by atoms with van der Waals surface area (Å²) in [4.78, 5) is 0. The average Bonchev–Trinajstić information content (AvgIpc) is 2.74. The number of fused-ring (bicyclic) bond motifs is 1. The van der Waals surface area contributed by atoms with E-state index >= 15 is 0 Å². The first-order chi connectivity index (χ1) is 15.6. The minimum absolute atomic E-state index is 0.0388. The molecule has 0 saturated heterocycles. The molecule has 33 heavy (non-hydrogen) atoms. The number of hydrogen-bond donors (Lipinski definition) is 2. The monoisotopic (exact) mass is 467 g/mol. The van der Waals surface area contributed by atoms with Gasteiger partial charge in [-0.05, 0) is 92.1 Å². The molecule has 0 aromatic heterocycles. The molecule has 7 heteroatoms. The van der Waals surface area contributed by atoms with Gasteiger partial charge in [0.15, 0.2) is 6.61 Å². The number of aliphatic hydroxyl groups is 1. The van der Waals surface area contributed by atoms with E-state index in [0.29, 0.717) is 32.2 Å². The summed E-state index contributed by atoms with van der Waals surface area (Å²) in [5.74, 6) is 0.174. The maximum Gasteiger partial charge on any atom is 0.422 e. The molecular weight excluding hydrogens is 434 g/mol. The lowest BCUT2D eigenvalue weighted by Gasteiger charge is -2.44. The van der Waals surface area contributed by atoms with Gasteiger partial charge in [-0.3, -0.25) is 0 Å². The second-order valence-electron chi connectivity index (χ2n) is 9.32. The van der Waals surface area contributed by atoms with Crippen LogP contribution in [0.4, 0.5) is 17.6 Å². The molecule has 3 nitrogen and oxygen atoms in total. The van der Waals surface area contributed by atoms with Crippen LogP contribution >= 0.6 is 0 Å². The highest BCUT2D eigenvalue weighted by molar-refractivity contribution is 5.37. The van der Waals surface area contributed by atoms with E-state index in [2.05, 4.69) is 19.2 Å². The van der Waals surface area contributed by atoms with Gasteiger partial charge < -0.3 is 15.2 Å². The number of ether oxygens (including phenoxy) is 1. The fourth-order valence-electron chi connectivity index (χ4n) is 4.95. The third kappa shape index (κ3) is 7.18. The van der Waals surface area contributed by atoms with Crippen molar-refractivity contribution < 1.29 is 27.4 Å². The first-order valence-electron chi connectivity index (χ1n) is 11.6.